The summed E-state index contributed by atoms with van der Waals surface area (Å²) in [5, 5.41) is 0. The highest BCUT2D eigenvalue weighted by Gasteiger charge is 2.30. The predicted octanol–water partition coefficient (Wildman–Crippen LogP) is 3.82. The predicted molar refractivity (Wildman–Crippen MR) is 108 cm³/mol. The summed E-state index contributed by atoms with van der Waals surface area (Å²) in [5.41, 5.74) is 1.88. The van der Waals surface area contributed by atoms with E-state index in [-0.39, 0.29) is 4.90 Å². The number of ether oxygens (including phenoxy) is 1. The number of aryl methyl sites for hydroxylation is 1. The maximum absolute atomic E-state index is 13.2. The Morgan fingerprint density at radius 1 is 1.15 bits per heavy atom. The van der Waals surface area contributed by atoms with Crippen molar-refractivity contribution >= 4 is 15.9 Å². The van der Waals surface area contributed by atoms with Gasteiger partial charge in [-0.2, -0.15) is 0 Å². The van der Waals surface area contributed by atoms with Gasteiger partial charge in [0.2, 0.25) is 0 Å². The second-order valence-electron chi connectivity index (χ2n) is 6.67. The highest BCUT2D eigenvalue weighted by atomic mass is 32.2. The highest BCUT2D eigenvalue weighted by Crippen LogP contribution is 2.26. The molecule has 1 aliphatic heterocycles. The molecule has 0 unspecified atom stereocenters. The SMILES string of the molecule is CCCCOc1ccc(S(=O)(=O)N2CCN=C2Cc2ccccc2)cc1C. The summed E-state index contributed by atoms with van der Waals surface area (Å²) in [6.45, 7) is 5.51. The van der Waals surface area contributed by atoms with Gasteiger partial charge >= 0.3 is 0 Å². The molecule has 5 nitrogen and oxygen atoms in total. The van der Waals surface area contributed by atoms with Gasteiger partial charge in [-0.3, -0.25) is 9.30 Å². The monoisotopic (exact) mass is 386 g/mol. The summed E-state index contributed by atoms with van der Waals surface area (Å²) in [4.78, 5) is 4.72. The van der Waals surface area contributed by atoms with Gasteiger partial charge in [-0.05, 0) is 42.7 Å². The van der Waals surface area contributed by atoms with Gasteiger partial charge in [-0.1, -0.05) is 43.7 Å². The molecule has 0 N–H and O–H groups in total. The summed E-state index contributed by atoms with van der Waals surface area (Å²) in [7, 11) is -3.63. The molecule has 0 saturated carbocycles. The molecule has 3 rings (SSSR count). The fraction of sp³-hybridized carbons (Fsp3) is 0.381. The van der Waals surface area contributed by atoms with Crippen LogP contribution < -0.4 is 4.74 Å². The molecule has 1 aliphatic rings. The van der Waals surface area contributed by atoms with Crippen molar-refractivity contribution in [3.05, 3.63) is 59.7 Å². The maximum Gasteiger partial charge on any atom is 0.265 e. The molecule has 0 saturated heterocycles. The van der Waals surface area contributed by atoms with E-state index in [1.54, 1.807) is 18.2 Å². The zero-order valence-electron chi connectivity index (χ0n) is 15.9. The average molecular weight is 387 g/mol. The lowest BCUT2D eigenvalue weighted by molar-refractivity contribution is 0.307. The normalized spacial score (nSPS) is 14.3. The van der Waals surface area contributed by atoms with Crippen molar-refractivity contribution in [1.82, 2.24) is 4.31 Å². The molecule has 2 aromatic carbocycles. The van der Waals surface area contributed by atoms with Crippen molar-refractivity contribution in [2.45, 2.75) is 38.0 Å². The molecule has 0 amide bonds. The summed E-state index contributed by atoms with van der Waals surface area (Å²) in [6.07, 6.45) is 2.55. The summed E-state index contributed by atoms with van der Waals surface area (Å²) in [6, 6.07) is 14.9. The number of hydrogen-bond acceptors (Lipinski definition) is 4. The van der Waals surface area contributed by atoms with Crippen LogP contribution in [0.3, 0.4) is 0 Å². The number of nitrogens with zero attached hydrogens (tertiary/aromatic N) is 2. The number of benzene rings is 2. The molecule has 0 atom stereocenters. The Labute approximate surface area is 161 Å². The zero-order valence-corrected chi connectivity index (χ0v) is 16.7. The molecule has 2 aromatic rings. The van der Waals surface area contributed by atoms with Crippen LogP contribution in [0.25, 0.3) is 0 Å². The molecule has 0 fully saturated rings. The third-order valence-electron chi connectivity index (χ3n) is 4.58. The van der Waals surface area contributed by atoms with Crippen LogP contribution in [0.5, 0.6) is 5.75 Å². The number of sulfonamides is 1. The van der Waals surface area contributed by atoms with E-state index >= 15 is 0 Å². The minimum Gasteiger partial charge on any atom is -0.493 e. The first-order valence-electron chi connectivity index (χ1n) is 9.36. The minimum atomic E-state index is -3.63. The van der Waals surface area contributed by atoms with Crippen LogP contribution in [0.1, 0.15) is 30.9 Å². The van der Waals surface area contributed by atoms with E-state index in [0.29, 0.717) is 32.0 Å². The fourth-order valence-electron chi connectivity index (χ4n) is 3.06. The third-order valence-corrected chi connectivity index (χ3v) is 6.40. The van der Waals surface area contributed by atoms with E-state index in [2.05, 4.69) is 11.9 Å². The largest absolute Gasteiger partial charge is 0.493 e. The van der Waals surface area contributed by atoms with Gasteiger partial charge in [-0.15, -0.1) is 0 Å². The lowest BCUT2D eigenvalue weighted by Gasteiger charge is -2.21. The molecule has 27 heavy (non-hydrogen) atoms. The van der Waals surface area contributed by atoms with Gasteiger partial charge in [0.05, 0.1) is 24.6 Å². The second-order valence-corrected chi connectivity index (χ2v) is 8.53. The number of amidine groups is 1. The molecular weight excluding hydrogens is 360 g/mol. The number of hydrogen-bond donors (Lipinski definition) is 0. The van der Waals surface area contributed by atoms with Crippen molar-refractivity contribution in [3.8, 4) is 5.75 Å². The standard InChI is InChI=1S/C21H26N2O3S/c1-3-4-14-26-20-11-10-19(15-17(20)2)27(24,25)23-13-12-22-21(23)16-18-8-6-5-7-9-18/h5-11,15H,3-4,12-14,16H2,1-2H3. The Morgan fingerprint density at radius 2 is 1.93 bits per heavy atom. The van der Waals surface area contributed by atoms with Crippen LogP contribution >= 0.6 is 0 Å². The van der Waals surface area contributed by atoms with Crippen LogP contribution in [0.2, 0.25) is 0 Å². The van der Waals surface area contributed by atoms with Gasteiger partial charge < -0.3 is 4.74 Å². The Balaban J connectivity index is 1.79. The van der Waals surface area contributed by atoms with Crippen LogP contribution in [0.15, 0.2) is 58.4 Å². The Hall–Kier alpha value is -2.34. The molecule has 6 heteroatoms. The van der Waals surface area contributed by atoms with E-state index in [1.807, 2.05) is 37.3 Å². The maximum atomic E-state index is 13.2. The van der Waals surface area contributed by atoms with Gasteiger partial charge in [0.25, 0.3) is 10.0 Å². The summed E-state index contributed by atoms with van der Waals surface area (Å²) < 4.78 is 33.5. The first kappa shape index (κ1) is 19.4. The Bertz CT molecular complexity index is 908. The summed E-state index contributed by atoms with van der Waals surface area (Å²) >= 11 is 0. The zero-order chi connectivity index (χ0) is 19.3. The van der Waals surface area contributed by atoms with Crippen LogP contribution in [0.4, 0.5) is 0 Å². The van der Waals surface area contributed by atoms with Gasteiger partial charge in [-0.25, -0.2) is 8.42 Å². The van der Waals surface area contributed by atoms with Crippen molar-refractivity contribution < 1.29 is 13.2 Å². The molecular formula is C21H26N2O3S. The minimum absolute atomic E-state index is 0.283. The molecule has 1 heterocycles. The van der Waals surface area contributed by atoms with Crippen LogP contribution in [-0.4, -0.2) is 38.3 Å². The lowest BCUT2D eigenvalue weighted by atomic mass is 10.1. The van der Waals surface area contributed by atoms with Crippen molar-refractivity contribution in [3.63, 3.8) is 0 Å². The van der Waals surface area contributed by atoms with E-state index in [0.717, 1.165) is 29.7 Å². The third kappa shape index (κ3) is 4.50. The fourth-order valence-corrected chi connectivity index (χ4v) is 4.60. The average Bonchev–Trinajstić information content (AvgIpc) is 3.13. The Kier molecular flexibility index (Phi) is 6.16. The van der Waals surface area contributed by atoms with Crippen LogP contribution in [-0.2, 0) is 16.4 Å². The molecule has 0 aromatic heterocycles. The molecule has 144 valence electrons. The first-order valence-corrected chi connectivity index (χ1v) is 10.8. The van der Waals surface area contributed by atoms with Gasteiger partial charge in [0.15, 0.2) is 0 Å². The van der Waals surface area contributed by atoms with Crippen LogP contribution in [0, 0.1) is 6.92 Å². The number of rotatable bonds is 8. The molecule has 0 spiro atoms. The Morgan fingerprint density at radius 3 is 2.63 bits per heavy atom. The number of aliphatic imine (C=N–C) groups is 1. The van der Waals surface area contributed by atoms with Gasteiger partial charge in [0.1, 0.15) is 11.6 Å². The van der Waals surface area contributed by atoms with Crippen molar-refractivity contribution in [2.24, 2.45) is 4.99 Å². The molecule has 0 bridgehead atoms. The van der Waals surface area contributed by atoms with E-state index in [9.17, 15) is 8.42 Å². The topological polar surface area (TPSA) is 59.0 Å². The quantitative estimate of drug-likeness (QED) is 0.648. The lowest BCUT2D eigenvalue weighted by Crippen LogP contribution is -2.35. The van der Waals surface area contributed by atoms with E-state index in [4.69, 9.17) is 4.74 Å². The number of unbranched alkanes of at least 4 members (excludes halogenated alkanes) is 1. The summed E-state index contributed by atoms with van der Waals surface area (Å²) in [5.74, 6) is 1.34. The highest BCUT2D eigenvalue weighted by molar-refractivity contribution is 7.89. The van der Waals surface area contributed by atoms with Crippen molar-refractivity contribution in [1.29, 1.82) is 0 Å². The van der Waals surface area contributed by atoms with Gasteiger partial charge in [0, 0.05) is 6.42 Å². The molecule has 0 radical (unpaired) electrons. The second kappa shape index (κ2) is 8.57. The first-order chi connectivity index (χ1) is 13.0. The van der Waals surface area contributed by atoms with E-state index < -0.39 is 10.0 Å². The van der Waals surface area contributed by atoms with Crippen molar-refractivity contribution in [2.75, 3.05) is 19.7 Å². The smallest absolute Gasteiger partial charge is 0.265 e. The van der Waals surface area contributed by atoms with E-state index in [1.165, 1.54) is 4.31 Å². The molecule has 0 aliphatic carbocycles.